The molecule has 0 aliphatic heterocycles. The van der Waals surface area contributed by atoms with Gasteiger partial charge < -0.3 is 5.73 Å². The summed E-state index contributed by atoms with van der Waals surface area (Å²) in [5.41, 5.74) is 6.42. The Labute approximate surface area is 116 Å². The summed E-state index contributed by atoms with van der Waals surface area (Å²) in [6.07, 6.45) is 7.78. The lowest BCUT2D eigenvalue weighted by Gasteiger charge is -2.31. The summed E-state index contributed by atoms with van der Waals surface area (Å²) in [5.74, 6) is 3.14. The molecule has 2 rings (SSSR count). The largest absolute Gasteiger partial charge is 0.327 e. The Balaban J connectivity index is 1.94. The van der Waals surface area contributed by atoms with E-state index in [9.17, 15) is 0 Å². The monoisotopic (exact) mass is 264 g/mol. The van der Waals surface area contributed by atoms with E-state index in [4.69, 9.17) is 5.73 Å². The minimum Gasteiger partial charge on any atom is -0.327 e. The standard InChI is InChI=1S/C15H28N4/c1-11(2)9-19-15(17-10-18-19)8-14(16)13-6-4-5-12(3)7-13/h10-14H,4-9,16H2,1-3H3. The van der Waals surface area contributed by atoms with Crippen molar-refractivity contribution in [3.05, 3.63) is 12.2 Å². The van der Waals surface area contributed by atoms with Gasteiger partial charge in [-0.05, 0) is 30.6 Å². The summed E-state index contributed by atoms with van der Waals surface area (Å²) in [4.78, 5) is 4.39. The fourth-order valence-electron chi connectivity index (χ4n) is 3.19. The number of hydrogen-bond donors (Lipinski definition) is 1. The highest BCUT2D eigenvalue weighted by Gasteiger charge is 2.25. The van der Waals surface area contributed by atoms with Crippen LogP contribution in [0.15, 0.2) is 6.33 Å². The fraction of sp³-hybridized carbons (Fsp3) is 0.867. The normalized spacial score (nSPS) is 25.7. The van der Waals surface area contributed by atoms with Crippen LogP contribution in [-0.2, 0) is 13.0 Å². The summed E-state index contributed by atoms with van der Waals surface area (Å²) < 4.78 is 2.02. The van der Waals surface area contributed by atoms with Crippen LogP contribution in [0.3, 0.4) is 0 Å². The van der Waals surface area contributed by atoms with Crippen LogP contribution in [0, 0.1) is 17.8 Å². The van der Waals surface area contributed by atoms with E-state index in [1.807, 2.05) is 4.68 Å². The van der Waals surface area contributed by atoms with E-state index in [1.54, 1.807) is 6.33 Å². The van der Waals surface area contributed by atoms with Crippen LogP contribution >= 0.6 is 0 Å². The van der Waals surface area contributed by atoms with Gasteiger partial charge in [0.25, 0.3) is 0 Å². The molecule has 19 heavy (non-hydrogen) atoms. The van der Waals surface area contributed by atoms with Gasteiger partial charge in [0, 0.05) is 19.0 Å². The Morgan fingerprint density at radius 1 is 1.42 bits per heavy atom. The lowest BCUT2D eigenvalue weighted by atomic mass is 9.78. The van der Waals surface area contributed by atoms with Gasteiger partial charge in [0.2, 0.25) is 0 Å². The highest BCUT2D eigenvalue weighted by Crippen LogP contribution is 2.30. The predicted molar refractivity (Wildman–Crippen MR) is 77.7 cm³/mol. The highest BCUT2D eigenvalue weighted by molar-refractivity contribution is 4.92. The lowest BCUT2D eigenvalue weighted by molar-refractivity contribution is 0.242. The molecule has 1 aromatic heterocycles. The first-order valence-corrected chi connectivity index (χ1v) is 7.68. The minimum absolute atomic E-state index is 0.234. The van der Waals surface area contributed by atoms with E-state index in [2.05, 4.69) is 30.9 Å². The molecule has 0 bridgehead atoms. The molecular weight excluding hydrogens is 236 g/mol. The molecule has 4 nitrogen and oxygen atoms in total. The van der Waals surface area contributed by atoms with Gasteiger partial charge in [-0.15, -0.1) is 0 Å². The zero-order valence-corrected chi connectivity index (χ0v) is 12.5. The van der Waals surface area contributed by atoms with Crippen molar-refractivity contribution in [1.29, 1.82) is 0 Å². The molecule has 1 aliphatic carbocycles. The number of nitrogens with zero attached hydrogens (tertiary/aromatic N) is 3. The summed E-state index contributed by atoms with van der Waals surface area (Å²) >= 11 is 0. The Morgan fingerprint density at radius 3 is 2.89 bits per heavy atom. The molecule has 3 atom stereocenters. The summed E-state index contributed by atoms with van der Waals surface area (Å²) in [6.45, 7) is 7.69. The van der Waals surface area contributed by atoms with Crippen molar-refractivity contribution in [3.63, 3.8) is 0 Å². The molecule has 1 saturated carbocycles. The maximum absolute atomic E-state index is 6.42. The van der Waals surface area contributed by atoms with Crippen molar-refractivity contribution in [2.75, 3.05) is 0 Å². The van der Waals surface area contributed by atoms with Gasteiger partial charge in [0.1, 0.15) is 12.2 Å². The van der Waals surface area contributed by atoms with Crippen molar-refractivity contribution in [1.82, 2.24) is 14.8 Å². The molecule has 0 aromatic carbocycles. The van der Waals surface area contributed by atoms with E-state index >= 15 is 0 Å². The first kappa shape index (κ1) is 14.5. The maximum Gasteiger partial charge on any atom is 0.138 e. The van der Waals surface area contributed by atoms with Crippen molar-refractivity contribution < 1.29 is 0 Å². The first-order valence-electron chi connectivity index (χ1n) is 7.68. The molecule has 4 heteroatoms. The Hall–Kier alpha value is -0.900. The van der Waals surface area contributed by atoms with E-state index < -0.39 is 0 Å². The van der Waals surface area contributed by atoms with Gasteiger partial charge in [-0.25, -0.2) is 9.67 Å². The molecule has 108 valence electrons. The van der Waals surface area contributed by atoms with E-state index in [-0.39, 0.29) is 6.04 Å². The average molecular weight is 264 g/mol. The van der Waals surface area contributed by atoms with E-state index in [0.717, 1.165) is 24.7 Å². The summed E-state index contributed by atoms with van der Waals surface area (Å²) in [5, 5.41) is 4.32. The molecule has 3 unspecified atom stereocenters. The van der Waals surface area contributed by atoms with E-state index in [1.165, 1.54) is 25.7 Å². The quantitative estimate of drug-likeness (QED) is 0.889. The second-order valence-corrected chi connectivity index (χ2v) is 6.65. The summed E-state index contributed by atoms with van der Waals surface area (Å²) in [6, 6.07) is 0.234. The molecule has 0 radical (unpaired) electrons. The molecule has 1 fully saturated rings. The van der Waals surface area contributed by atoms with Crippen molar-refractivity contribution in [2.24, 2.45) is 23.5 Å². The van der Waals surface area contributed by atoms with Gasteiger partial charge in [-0.2, -0.15) is 5.10 Å². The van der Waals surface area contributed by atoms with Gasteiger partial charge in [-0.3, -0.25) is 0 Å². The van der Waals surface area contributed by atoms with Crippen LogP contribution < -0.4 is 5.73 Å². The number of rotatable bonds is 5. The Morgan fingerprint density at radius 2 is 2.21 bits per heavy atom. The third-order valence-corrected chi connectivity index (χ3v) is 4.23. The third-order valence-electron chi connectivity index (χ3n) is 4.23. The fourth-order valence-corrected chi connectivity index (χ4v) is 3.19. The first-order chi connectivity index (χ1) is 9.06. The minimum atomic E-state index is 0.234. The number of hydrogen-bond acceptors (Lipinski definition) is 3. The molecule has 1 aliphatic rings. The van der Waals surface area contributed by atoms with Gasteiger partial charge in [0.15, 0.2) is 0 Å². The molecule has 1 heterocycles. The molecular formula is C15H28N4. The van der Waals surface area contributed by atoms with Crippen LogP contribution in [0.25, 0.3) is 0 Å². The molecule has 0 saturated heterocycles. The zero-order valence-electron chi connectivity index (χ0n) is 12.5. The number of nitrogens with two attached hydrogens (primary N) is 1. The maximum atomic E-state index is 6.42. The van der Waals surface area contributed by atoms with Gasteiger partial charge in [-0.1, -0.05) is 33.6 Å². The lowest BCUT2D eigenvalue weighted by Crippen LogP contribution is -2.36. The van der Waals surface area contributed by atoms with Crippen molar-refractivity contribution >= 4 is 0 Å². The van der Waals surface area contributed by atoms with Crippen LogP contribution in [0.5, 0.6) is 0 Å². The Kier molecular flexibility index (Phi) is 4.97. The molecule has 2 N–H and O–H groups in total. The second-order valence-electron chi connectivity index (χ2n) is 6.65. The van der Waals surface area contributed by atoms with Crippen LogP contribution in [0.1, 0.15) is 52.3 Å². The predicted octanol–water partition coefficient (Wildman–Crippen LogP) is 2.63. The summed E-state index contributed by atoms with van der Waals surface area (Å²) in [7, 11) is 0. The third kappa shape index (κ3) is 4.03. The van der Waals surface area contributed by atoms with Gasteiger partial charge >= 0.3 is 0 Å². The molecule has 0 spiro atoms. The van der Waals surface area contributed by atoms with Crippen LogP contribution in [0.4, 0.5) is 0 Å². The van der Waals surface area contributed by atoms with Gasteiger partial charge in [0.05, 0.1) is 0 Å². The van der Waals surface area contributed by atoms with Crippen molar-refractivity contribution in [2.45, 2.75) is 65.5 Å². The number of aromatic nitrogens is 3. The highest BCUT2D eigenvalue weighted by atomic mass is 15.3. The molecule has 0 amide bonds. The second kappa shape index (κ2) is 6.51. The zero-order chi connectivity index (χ0) is 13.8. The topological polar surface area (TPSA) is 56.7 Å². The van der Waals surface area contributed by atoms with Crippen molar-refractivity contribution in [3.8, 4) is 0 Å². The Bertz CT molecular complexity index is 385. The van der Waals surface area contributed by atoms with Crippen LogP contribution in [-0.4, -0.2) is 20.8 Å². The van der Waals surface area contributed by atoms with E-state index in [0.29, 0.717) is 11.8 Å². The SMILES string of the molecule is CC(C)Cn1ncnc1CC(N)C1CCCC(C)C1. The van der Waals surface area contributed by atoms with Crippen LogP contribution in [0.2, 0.25) is 0 Å². The smallest absolute Gasteiger partial charge is 0.138 e. The average Bonchev–Trinajstić information content (AvgIpc) is 2.75. The molecule has 1 aromatic rings.